The quantitative estimate of drug-likeness (QED) is 0.875. The van der Waals surface area contributed by atoms with Gasteiger partial charge in [-0.25, -0.2) is 4.98 Å². The first-order valence-electron chi connectivity index (χ1n) is 6.08. The lowest BCUT2D eigenvalue weighted by atomic mass is 9.85. The minimum atomic E-state index is 0.675. The summed E-state index contributed by atoms with van der Waals surface area (Å²) in [4.78, 5) is 6.07. The summed E-state index contributed by atoms with van der Waals surface area (Å²) >= 11 is 1.81. The molecule has 1 N–H and O–H groups in total. The van der Waals surface area contributed by atoms with Gasteiger partial charge in [0.05, 0.1) is 5.69 Å². The largest absolute Gasteiger partial charge is 0.365 e. The van der Waals surface area contributed by atoms with Gasteiger partial charge in [-0.05, 0) is 30.7 Å². The van der Waals surface area contributed by atoms with E-state index in [1.165, 1.54) is 22.6 Å². The van der Waals surface area contributed by atoms with Crippen LogP contribution in [-0.2, 0) is 12.8 Å². The molecule has 0 aliphatic heterocycles. The van der Waals surface area contributed by atoms with Gasteiger partial charge in [0.15, 0.2) is 5.13 Å². The second kappa shape index (κ2) is 4.49. The summed E-state index contributed by atoms with van der Waals surface area (Å²) < 4.78 is 0. The Hall–Kier alpha value is -1.35. The van der Waals surface area contributed by atoms with Crippen molar-refractivity contribution in [3.8, 4) is 0 Å². The summed E-state index contributed by atoms with van der Waals surface area (Å²) in [6, 6.07) is 10.8. The van der Waals surface area contributed by atoms with E-state index < -0.39 is 0 Å². The van der Waals surface area contributed by atoms with Crippen molar-refractivity contribution in [2.75, 3.05) is 12.4 Å². The van der Waals surface area contributed by atoms with E-state index in [9.17, 15) is 0 Å². The molecule has 0 spiro atoms. The smallest absolute Gasteiger partial charge is 0.182 e. The van der Waals surface area contributed by atoms with E-state index in [0.717, 1.165) is 18.0 Å². The normalized spacial score (nSPS) is 18.8. The third-order valence-electron chi connectivity index (χ3n) is 3.42. The van der Waals surface area contributed by atoms with Crippen molar-refractivity contribution in [3.05, 3.63) is 46.5 Å². The van der Waals surface area contributed by atoms with Gasteiger partial charge >= 0.3 is 0 Å². The van der Waals surface area contributed by atoms with Crippen molar-refractivity contribution in [1.29, 1.82) is 0 Å². The molecule has 0 saturated carbocycles. The number of hydrogen-bond donors (Lipinski definition) is 1. The monoisotopic (exact) mass is 244 g/mol. The Labute approximate surface area is 106 Å². The topological polar surface area (TPSA) is 24.9 Å². The molecule has 2 aromatic rings. The predicted octanol–water partition coefficient (Wildman–Crippen LogP) is 3.46. The Kier molecular flexibility index (Phi) is 2.85. The average molecular weight is 244 g/mol. The maximum atomic E-state index is 4.60. The van der Waals surface area contributed by atoms with Crippen LogP contribution in [-0.4, -0.2) is 12.0 Å². The Morgan fingerprint density at radius 2 is 2.12 bits per heavy atom. The van der Waals surface area contributed by atoms with Crippen LogP contribution < -0.4 is 5.32 Å². The molecule has 2 nitrogen and oxygen atoms in total. The van der Waals surface area contributed by atoms with Crippen LogP contribution >= 0.6 is 11.3 Å². The van der Waals surface area contributed by atoms with Gasteiger partial charge in [-0.1, -0.05) is 30.3 Å². The highest BCUT2D eigenvalue weighted by atomic mass is 32.1. The molecule has 0 radical (unpaired) electrons. The Morgan fingerprint density at radius 1 is 1.29 bits per heavy atom. The SMILES string of the molecule is CNc1nc2c(s1)C[C@@H](c1ccccc1)CC2. The van der Waals surface area contributed by atoms with Gasteiger partial charge in [-0.15, -0.1) is 11.3 Å². The maximum absolute atomic E-state index is 4.60. The van der Waals surface area contributed by atoms with E-state index in [1.54, 1.807) is 0 Å². The van der Waals surface area contributed by atoms with E-state index in [0.29, 0.717) is 5.92 Å². The molecular formula is C14H16N2S. The fourth-order valence-corrected chi connectivity index (χ4v) is 3.53. The lowest BCUT2D eigenvalue weighted by Crippen LogP contribution is -2.11. The van der Waals surface area contributed by atoms with E-state index in [2.05, 4.69) is 40.6 Å². The van der Waals surface area contributed by atoms with Gasteiger partial charge in [0.1, 0.15) is 0 Å². The summed E-state index contributed by atoms with van der Waals surface area (Å²) in [5.74, 6) is 0.675. The molecule has 17 heavy (non-hydrogen) atoms. The lowest BCUT2D eigenvalue weighted by Gasteiger charge is -2.21. The van der Waals surface area contributed by atoms with E-state index in [-0.39, 0.29) is 0 Å². The molecule has 0 unspecified atom stereocenters. The molecule has 0 bridgehead atoms. The van der Waals surface area contributed by atoms with Crippen LogP contribution in [0.2, 0.25) is 0 Å². The number of nitrogens with zero attached hydrogens (tertiary/aromatic N) is 1. The summed E-state index contributed by atoms with van der Waals surface area (Å²) in [6.45, 7) is 0. The molecule has 0 saturated heterocycles. The molecule has 1 aliphatic carbocycles. The first kappa shape index (κ1) is 10.8. The molecule has 3 heteroatoms. The number of rotatable bonds is 2. The van der Waals surface area contributed by atoms with Crippen molar-refractivity contribution < 1.29 is 0 Å². The fourth-order valence-electron chi connectivity index (χ4n) is 2.49. The number of aryl methyl sites for hydroxylation is 1. The zero-order valence-electron chi connectivity index (χ0n) is 9.94. The zero-order valence-corrected chi connectivity index (χ0v) is 10.8. The Balaban J connectivity index is 1.85. The Morgan fingerprint density at radius 3 is 2.88 bits per heavy atom. The number of fused-ring (bicyclic) bond motifs is 1. The first-order chi connectivity index (χ1) is 8.36. The number of benzene rings is 1. The number of anilines is 1. The number of hydrogen-bond acceptors (Lipinski definition) is 3. The van der Waals surface area contributed by atoms with E-state index in [1.807, 2.05) is 18.4 Å². The van der Waals surface area contributed by atoms with Gasteiger partial charge in [0.2, 0.25) is 0 Å². The maximum Gasteiger partial charge on any atom is 0.182 e. The number of aromatic nitrogens is 1. The van der Waals surface area contributed by atoms with Gasteiger partial charge in [-0.2, -0.15) is 0 Å². The van der Waals surface area contributed by atoms with E-state index >= 15 is 0 Å². The molecule has 1 aliphatic rings. The van der Waals surface area contributed by atoms with Crippen LogP contribution in [0.1, 0.15) is 28.5 Å². The third kappa shape index (κ3) is 2.07. The molecule has 1 aromatic carbocycles. The van der Waals surface area contributed by atoms with Crippen LogP contribution in [0.25, 0.3) is 0 Å². The van der Waals surface area contributed by atoms with Crippen LogP contribution in [0.5, 0.6) is 0 Å². The average Bonchev–Trinajstić information content (AvgIpc) is 2.81. The molecule has 3 rings (SSSR count). The van der Waals surface area contributed by atoms with Crippen LogP contribution in [0.3, 0.4) is 0 Å². The zero-order chi connectivity index (χ0) is 11.7. The van der Waals surface area contributed by atoms with Crippen molar-refractivity contribution >= 4 is 16.5 Å². The standard InChI is InChI=1S/C14H16N2S/c1-15-14-16-12-8-7-11(9-13(12)17-14)10-5-3-2-4-6-10/h2-6,11H,7-9H2,1H3,(H,15,16)/t11-/m0/s1. The summed E-state index contributed by atoms with van der Waals surface area (Å²) in [5.41, 5.74) is 2.78. The van der Waals surface area contributed by atoms with Crippen molar-refractivity contribution in [3.63, 3.8) is 0 Å². The molecule has 1 atom stereocenters. The highest BCUT2D eigenvalue weighted by molar-refractivity contribution is 7.15. The van der Waals surface area contributed by atoms with Crippen molar-refractivity contribution in [2.24, 2.45) is 0 Å². The minimum absolute atomic E-state index is 0.675. The van der Waals surface area contributed by atoms with Crippen LogP contribution in [0.4, 0.5) is 5.13 Å². The molecule has 1 aromatic heterocycles. The second-order valence-corrected chi connectivity index (χ2v) is 5.57. The summed E-state index contributed by atoms with van der Waals surface area (Å²) in [7, 11) is 1.94. The summed E-state index contributed by atoms with van der Waals surface area (Å²) in [6.07, 6.45) is 3.50. The third-order valence-corrected chi connectivity index (χ3v) is 4.56. The molecule has 1 heterocycles. The summed E-state index contributed by atoms with van der Waals surface area (Å²) in [5, 5.41) is 4.21. The van der Waals surface area contributed by atoms with Gasteiger partial charge in [-0.3, -0.25) is 0 Å². The fraction of sp³-hybridized carbons (Fsp3) is 0.357. The van der Waals surface area contributed by atoms with E-state index in [4.69, 9.17) is 0 Å². The first-order valence-corrected chi connectivity index (χ1v) is 6.89. The highest BCUT2D eigenvalue weighted by Gasteiger charge is 2.23. The molecule has 0 amide bonds. The van der Waals surface area contributed by atoms with Gasteiger partial charge < -0.3 is 5.32 Å². The lowest BCUT2D eigenvalue weighted by molar-refractivity contribution is 0.584. The van der Waals surface area contributed by atoms with Crippen LogP contribution in [0.15, 0.2) is 30.3 Å². The van der Waals surface area contributed by atoms with Gasteiger partial charge in [0, 0.05) is 11.9 Å². The molecule has 0 fully saturated rings. The van der Waals surface area contributed by atoms with Gasteiger partial charge in [0.25, 0.3) is 0 Å². The predicted molar refractivity (Wildman–Crippen MR) is 72.9 cm³/mol. The highest BCUT2D eigenvalue weighted by Crippen LogP contribution is 2.36. The van der Waals surface area contributed by atoms with Crippen molar-refractivity contribution in [2.45, 2.75) is 25.2 Å². The molecular weight excluding hydrogens is 228 g/mol. The number of nitrogens with one attached hydrogen (secondary N) is 1. The van der Waals surface area contributed by atoms with Crippen LogP contribution in [0, 0.1) is 0 Å². The number of thiazole rings is 1. The van der Waals surface area contributed by atoms with Crippen molar-refractivity contribution in [1.82, 2.24) is 4.98 Å². The second-order valence-electron chi connectivity index (χ2n) is 4.49. The Bertz CT molecular complexity index is 504. The molecule has 88 valence electrons. The minimum Gasteiger partial charge on any atom is -0.365 e.